The smallest absolute Gasteiger partial charge is 0.253 e. The van der Waals surface area contributed by atoms with E-state index >= 15 is 0 Å². The Hall–Kier alpha value is -13.2. The van der Waals surface area contributed by atoms with Gasteiger partial charge in [-0.15, -0.1) is 0 Å². The van der Waals surface area contributed by atoms with Crippen LogP contribution in [0.3, 0.4) is 0 Å². The Balaban J connectivity index is 0.000000190. The molecule has 6 N–H and O–H groups in total. The third-order valence-electron chi connectivity index (χ3n) is 22.8. The molecule has 2 aromatic heterocycles. The van der Waals surface area contributed by atoms with E-state index < -0.39 is 0 Å². The Labute approximate surface area is 757 Å². The van der Waals surface area contributed by atoms with Crippen molar-refractivity contribution in [3.63, 3.8) is 0 Å². The van der Waals surface area contributed by atoms with Crippen LogP contribution in [0.5, 0.6) is 0 Å². The van der Waals surface area contributed by atoms with Crippen LogP contribution in [-0.2, 0) is 64.7 Å². The van der Waals surface area contributed by atoms with Crippen LogP contribution in [0, 0.1) is 55.4 Å². The fraction of sp³-hybridized carbons (Fsp3) is 0.327. The van der Waals surface area contributed by atoms with Gasteiger partial charge in [0.05, 0.1) is 11.1 Å². The van der Waals surface area contributed by atoms with E-state index in [1.165, 1.54) is 117 Å². The number of nitrogens with zero attached hydrogens (tertiary/aromatic N) is 2. The van der Waals surface area contributed by atoms with Gasteiger partial charge in [-0.3, -0.25) is 47.9 Å². The number of hydrogen-bond donors (Lipinski definition) is 6. The van der Waals surface area contributed by atoms with Gasteiger partial charge < -0.3 is 41.0 Å². The summed E-state index contributed by atoms with van der Waals surface area (Å²) in [5.74, 6) is -0.0125. The van der Waals surface area contributed by atoms with Gasteiger partial charge in [-0.25, -0.2) is 0 Å². The van der Waals surface area contributed by atoms with Gasteiger partial charge in [0.25, 0.3) is 35.4 Å². The number of fused-ring (bicyclic) bond motifs is 6. The molecule has 1 unspecified atom stereocenters. The minimum Gasteiger partial charge on any atom is -0.352 e. The third kappa shape index (κ3) is 28.1. The summed E-state index contributed by atoms with van der Waals surface area (Å²) in [5.41, 5.74) is 29.3. The van der Waals surface area contributed by atoms with Gasteiger partial charge in [-0.2, -0.15) is 0 Å². The van der Waals surface area contributed by atoms with Gasteiger partial charge in [-0.1, -0.05) is 234 Å². The van der Waals surface area contributed by atoms with Gasteiger partial charge in [0.1, 0.15) is 0 Å². The lowest BCUT2D eigenvalue weighted by molar-refractivity contribution is -0.116. The average molecular weight is 1720 g/mol. The number of ketones is 4. The SMILES string of the molecule is C=C(C)/C=C/CCNC(=O)c1c(C)n(C)c2ccc(C)cc12.C=C(C)/C=C/CCNC(=O)c1c(C)n(C2CCCC2)c2ccc(C)cc12.CC(=O)/C=C/CNC(=O)C1=C(C)Cc2ccc(C)cc21.CC(=O)/C=C/CNC(=O)C1=CCc2cc(C)ccc21.CC(=O)/C=C/CNC(=O)C1=CCc2ccc(C)cc21.CCC1C(C)=C(C(=O)NC/C=C/C(C)=O)c2cc(C)ccc21. The van der Waals surface area contributed by atoms with Crippen molar-refractivity contribution in [3.05, 3.63) is 330 Å². The lowest BCUT2D eigenvalue weighted by Gasteiger charge is -2.16. The van der Waals surface area contributed by atoms with Crippen molar-refractivity contribution in [1.29, 1.82) is 0 Å². The van der Waals surface area contributed by atoms with Crippen LogP contribution in [0.4, 0.5) is 0 Å². The van der Waals surface area contributed by atoms with Crippen LogP contribution in [0.15, 0.2) is 230 Å². The summed E-state index contributed by atoms with van der Waals surface area (Å²) in [6.07, 6.45) is 34.5. The quantitative estimate of drug-likeness (QED) is 0.0154. The zero-order chi connectivity index (χ0) is 93.6. The first-order valence-electron chi connectivity index (χ1n) is 44.4. The lowest BCUT2D eigenvalue weighted by Crippen LogP contribution is -2.25. The van der Waals surface area contributed by atoms with E-state index in [4.69, 9.17) is 0 Å². The van der Waals surface area contributed by atoms with Crippen molar-refractivity contribution >= 4 is 103 Å². The number of aromatic nitrogens is 2. The standard InChI is InChI=1S/C23H30N2O.C19H24N2O.C19H23NO2.C17H19NO2.2C16H17NO2/c1-16(2)9-7-8-14-24-23(26)22-18(4)25(19-10-5-6-11-19)21-13-12-17(3)15-20(21)22;1-13(2)8-6-7-11-20-19(22)18-15(4)21(5)17-10-9-14(3)12-16(17)18;1-5-15-14(4)18(17-11-12(2)8-9-16(15)17)19(22)20-10-6-7-13(3)21;1-11-6-7-14-10-12(2)16(15(14)9-11)17(20)18-8-4-5-13(3)19;1-11-5-7-14-13(10-11)6-8-15(14)16(19)17-9-3-4-12(2)18;1-11-5-6-13-7-8-14(15(13)10-11)16(19)17-9-3-4-12(2)18/h7,9,12-13,15,19H,1,5-6,8,10-11,14H2,2-4H3,(H,24,26);6,8-10,12H,1,7,11H2,2-5H3,(H,20,22);6-9,11,15H,5,10H2,1-4H3,(H,20,22);4-7,9H,8,10H2,1-3H3,(H,18,20);3-5,7-8,10H,6,9H2,1-2H3,(H,17,19);3-6,8,10H,7,9H2,1-2H3,(H,17,19)/b9-7+;8-6+;7-6+;5-4+;2*4-3+. The summed E-state index contributed by atoms with van der Waals surface area (Å²) in [6, 6.07) is 38.1. The fourth-order valence-corrected chi connectivity index (χ4v) is 16.6. The van der Waals surface area contributed by atoms with Crippen molar-refractivity contribution < 1.29 is 47.9 Å². The predicted octanol–water partition coefficient (Wildman–Crippen LogP) is 20.2. The van der Waals surface area contributed by atoms with Gasteiger partial charge in [0.15, 0.2) is 23.1 Å². The maximum absolute atomic E-state index is 12.9. The maximum Gasteiger partial charge on any atom is 0.253 e. The highest BCUT2D eigenvalue weighted by Crippen LogP contribution is 2.44. The highest BCUT2D eigenvalue weighted by molar-refractivity contribution is 6.24. The summed E-state index contributed by atoms with van der Waals surface area (Å²) in [6.45, 7) is 42.8. The largest absolute Gasteiger partial charge is 0.352 e. The molecule has 8 aromatic rings. The molecule has 0 saturated heterocycles. The lowest BCUT2D eigenvalue weighted by atomic mass is 9.93. The van der Waals surface area contributed by atoms with Gasteiger partial charge in [0.2, 0.25) is 0 Å². The highest BCUT2D eigenvalue weighted by Gasteiger charge is 2.32. The number of amides is 6. The second-order valence-electron chi connectivity index (χ2n) is 33.9. The number of allylic oxidation sites excluding steroid dienone is 12. The van der Waals surface area contributed by atoms with Gasteiger partial charge >= 0.3 is 0 Å². The third-order valence-corrected chi connectivity index (χ3v) is 22.8. The Kier molecular flexibility index (Phi) is 37.9. The zero-order valence-electron chi connectivity index (χ0n) is 78.3. The van der Waals surface area contributed by atoms with Crippen molar-refractivity contribution in [2.45, 2.75) is 194 Å². The van der Waals surface area contributed by atoms with E-state index in [1.54, 1.807) is 24.3 Å². The summed E-state index contributed by atoms with van der Waals surface area (Å²) in [5, 5.41) is 19.5. The Morgan fingerprint density at radius 2 is 0.805 bits per heavy atom. The van der Waals surface area contributed by atoms with Crippen molar-refractivity contribution in [1.82, 2.24) is 41.0 Å². The Morgan fingerprint density at radius 3 is 1.30 bits per heavy atom. The van der Waals surface area contributed by atoms with Crippen LogP contribution < -0.4 is 31.9 Å². The Bertz CT molecular complexity index is 5900. The number of aryl methyl sites for hydroxylation is 7. The molecule has 0 bridgehead atoms. The molecule has 1 saturated carbocycles. The van der Waals surface area contributed by atoms with E-state index in [1.807, 2.05) is 125 Å². The van der Waals surface area contributed by atoms with E-state index in [9.17, 15) is 47.9 Å². The number of carbonyl (C=O) groups excluding carboxylic acids is 10. The first kappa shape index (κ1) is 100. The van der Waals surface area contributed by atoms with Crippen LogP contribution in [0.1, 0.15) is 229 Å². The predicted molar refractivity (Wildman–Crippen MR) is 524 cm³/mol. The van der Waals surface area contributed by atoms with Crippen LogP contribution >= 0.6 is 0 Å². The highest BCUT2D eigenvalue weighted by atomic mass is 16.2. The summed E-state index contributed by atoms with van der Waals surface area (Å²) in [4.78, 5) is 118. The van der Waals surface area contributed by atoms with Crippen molar-refractivity contribution in [2.75, 3.05) is 39.3 Å². The molecule has 18 heteroatoms. The molecule has 5 aliphatic rings. The van der Waals surface area contributed by atoms with E-state index in [0.29, 0.717) is 51.2 Å². The van der Waals surface area contributed by atoms with Crippen LogP contribution in [0.25, 0.3) is 44.1 Å². The summed E-state index contributed by atoms with van der Waals surface area (Å²) in [7, 11) is 2.00. The minimum atomic E-state index is -0.0872. The normalized spacial score (nSPS) is 14.0. The number of carbonyl (C=O) groups is 10. The Morgan fingerprint density at radius 1 is 0.398 bits per heavy atom. The molecule has 128 heavy (non-hydrogen) atoms. The molecule has 18 nitrogen and oxygen atoms in total. The number of hydrogen-bond acceptors (Lipinski definition) is 10. The van der Waals surface area contributed by atoms with Crippen LogP contribution in [0.2, 0.25) is 0 Å². The molecule has 6 amide bonds. The molecule has 1 fully saturated rings. The summed E-state index contributed by atoms with van der Waals surface area (Å²) < 4.78 is 4.49. The van der Waals surface area contributed by atoms with E-state index in [-0.39, 0.29) is 58.6 Å². The molecule has 0 radical (unpaired) electrons. The molecule has 0 spiro atoms. The molecule has 5 aliphatic carbocycles. The van der Waals surface area contributed by atoms with Crippen LogP contribution in [-0.4, -0.2) is 107 Å². The second-order valence-corrected chi connectivity index (χ2v) is 33.9. The molecular weight excluding hydrogens is 1590 g/mol. The van der Waals surface area contributed by atoms with Gasteiger partial charge in [-0.05, 0) is 255 Å². The number of rotatable bonds is 28. The number of nitrogens with one attached hydrogen (secondary N) is 6. The fourth-order valence-electron chi connectivity index (χ4n) is 16.6. The first-order chi connectivity index (χ1) is 61.0. The molecule has 0 aliphatic heterocycles. The summed E-state index contributed by atoms with van der Waals surface area (Å²) >= 11 is 0. The van der Waals surface area contributed by atoms with Crippen molar-refractivity contribution in [3.8, 4) is 0 Å². The molecule has 2 heterocycles. The maximum atomic E-state index is 12.9. The van der Waals surface area contributed by atoms with E-state index in [2.05, 4.69) is 172 Å². The average Bonchev–Trinajstić information content (AvgIpc) is 1.61. The zero-order valence-corrected chi connectivity index (χ0v) is 78.3. The molecule has 670 valence electrons. The minimum absolute atomic E-state index is 0.00238. The topological polar surface area (TPSA) is 253 Å². The molecule has 6 aromatic carbocycles. The van der Waals surface area contributed by atoms with Crippen molar-refractivity contribution in [2.24, 2.45) is 7.05 Å². The first-order valence-corrected chi connectivity index (χ1v) is 44.4. The molecule has 13 rings (SSSR count). The molecule has 1 atom stereocenters. The number of benzene rings is 6. The second kappa shape index (κ2) is 48.5. The van der Waals surface area contributed by atoms with E-state index in [0.717, 1.165) is 166 Å². The molecular formula is C110H130N8O10. The van der Waals surface area contributed by atoms with Gasteiger partial charge in [0, 0.05) is 114 Å². The monoisotopic (exact) mass is 1720 g/mol.